The summed E-state index contributed by atoms with van der Waals surface area (Å²) >= 11 is 1.68. The third-order valence-corrected chi connectivity index (χ3v) is 3.43. The predicted octanol–water partition coefficient (Wildman–Crippen LogP) is 2.16. The number of amides is 1. The number of rotatable bonds is 3. The lowest BCUT2D eigenvalue weighted by Crippen LogP contribution is -2.29. The van der Waals surface area contributed by atoms with Crippen LogP contribution in [0.5, 0.6) is 0 Å². The predicted molar refractivity (Wildman–Crippen MR) is 53.5 cm³/mol. The molecule has 2 nitrogen and oxygen atoms in total. The van der Waals surface area contributed by atoms with E-state index in [1.807, 2.05) is 24.4 Å². The average molecular weight is 195 g/mol. The summed E-state index contributed by atoms with van der Waals surface area (Å²) in [4.78, 5) is 12.7. The van der Waals surface area contributed by atoms with Gasteiger partial charge in [0.1, 0.15) is 0 Å². The van der Waals surface area contributed by atoms with Gasteiger partial charge in [0.15, 0.2) is 0 Å². The Morgan fingerprint density at radius 2 is 2.46 bits per heavy atom. The Balaban J connectivity index is 1.83. The SMILES string of the molecule is CC1(C(=O)NCc2cccs2)CC1. The molecule has 1 aliphatic rings. The molecule has 2 rings (SSSR count). The molecule has 1 amide bonds. The molecule has 0 bridgehead atoms. The summed E-state index contributed by atoms with van der Waals surface area (Å²) in [6.07, 6.45) is 2.09. The van der Waals surface area contributed by atoms with Crippen LogP contribution in [0, 0.1) is 5.41 Å². The molecule has 1 aromatic rings. The second-order valence-corrected chi connectivity index (χ2v) is 4.85. The van der Waals surface area contributed by atoms with Crippen LogP contribution in [0.1, 0.15) is 24.6 Å². The Hall–Kier alpha value is -0.830. The van der Waals surface area contributed by atoms with Gasteiger partial charge in [-0.25, -0.2) is 0 Å². The van der Waals surface area contributed by atoms with E-state index in [9.17, 15) is 4.79 Å². The molecule has 0 unspecified atom stereocenters. The highest BCUT2D eigenvalue weighted by Crippen LogP contribution is 2.45. The van der Waals surface area contributed by atoms with Crippen LogP contribution < -0.4 is 5.32 Å². The van der Waals surface area contributed by atoms with Gasteiger partial charge in [-0.05, 0) is 24.3 Å². The first-order valence-corrected chi connectivity index (χ1v) is 5.39. The molecule has 0 spiro atoms. The molecule has 1 aliphatic carbocycles. The zero-order chi connectivity index (χ0) is 9.31. The number of thiophene rings is 1. The lowest BCUT2D eigenvalue weighted by Gasteiger charge is -2.08. The van der Waals surface area contributed by atoms with Gasteiger partial charge in [0.2, 0.25) is 5.91 Å². The first kappa shape index (κ1) is 8.75. The monoisotopic (exact) mass is 195 g/mol. The van der Waals surface area contributed by atoms with Crippen LogP contribution >= 0.6 is 11.3 Å². The van der Waals surface area contributed by atoms with E-state index in [1.54, 1.807) is 11.3 Å². The van der Waals surface area contributed by atoms with Crippen LogP contribution in [0.4, 0.5) is 0 Å². The Bertz CT molecular complexity index is 301. The lowest BCUT2D eigenvalue weighted by molar-refractivity contribution is -0.125. The molecule has 0 aromatic carbocycles. The van der Waals surface area contributed by atoms with Crippen LogP contribution in [0.3, 0.4) is 0 Å². The number of hydrogen-bond donors (Lipinski definition) is 1. The number of nitrogens with one attached hydrogen (secondary N) is 1. The van der Waals surface area contributed by atoms with Crippen molar-refractivity contribution in [2.24, 2.45) is 5.41 Å². The summed E-state index contributed by atoms with van der Waals surface area (Å²) in [6.45, 7) is 2.71. The molecule has 70 valence electrons. The second kappa shape index (κ2) is 3.14. The fraction of sp³-hybridized carbons (Fsp3) is 0.500. The fourth-order valence-corrected chi connectivity index (χ4v) is 1.85. The first-order valence-electron chi connectivity index (χ1n) is 4.51. The van der Waals surface area contributed by atoms with Crippen molar-refractivity contribution >= 4 is 17.2 Å². The van der Waals surface area contributed by atoms with Crippen LogP contribution in [-0.4, -0.2) is 5.91 Å². The van der Waals surface area contributed by atoms with Gasteiger partial charge in [-0.2, -0.15) is 0 Å². The highest BCUT2D eigenvalue weighted by molar-refractivity contribution is 7.09. The molecular weight excluding hydrogens is 182 g/mol. The van der Waals surface area contributed by atoms with Crippen molar-refractivity contribution in [1.29, 1.82) is 0 Å². The molecule has 0 atom stereocenters. The minimum Gasteiger partial charge on any atom is -0.351 e. The second-order valence-electron chi connectivity index (χ2n) is 3.82. The van der Waals surface area contributed by atoms with E-state index >= 15 is 0 Å². The molecule has 0 aliphatic heterocycles. The Kier molecular flexibility index (Phi) is 2.12. The van der Waals surface area contributed by atoms with E-state index in [4.69, 9.17) is 0 Å². The number of hydrogen-bond acceptors (Lipinski definition) is 2. The summed E-state index contributed by atoms with van der Waals surface area (Å²) in [7, 11) is 0. The average Bonchev–Trinajstić information content (AvgIpc) is 2.70. The molecule has 3 heteroatoms. The van der Waals surface area contributed by atoms with E-state index < -0.39 is 0 Å². The Morgan fingerprint density at radius 3 is 3.00 bits per heavy atom. The van der Waals surface area contributed by atoms with Crippen LogP contribution in [0.25, 0.3) is 0 Å². The number of carbonyl (C=O) groups excluding carboxylic acids is 1. The minimum absolute atomic E-state index is 0.0444. The molecule has 0 radical (unpaired) electrons. The van der Waals surface area contributed by atoms with Gasteiger partial charge >= 0.3 is 0 Å². The van der Waals surface area contributed by atoms with Crippen molar-refractivity contribution in [3.8, 4) is 0 Å². The lowest BCUT2D eigenvalue weighted by atomic mass is 10.1. The zero-order valence-corrected chi connectivity index (χ0v) is 8.49. The highest BCUT2D eigenvalue weighted by atomic mass is 32.1. The van der Waals surface area contributed by atoms with E-state index in [0.29, 0.717) is 6.54 Å². The summed E-state index contributed by atoms with van der Waals surface area (Å²) in [5, 5.41) is 4.99. The van der Waals surface area contributed by atoms with E-state index in [2.05, 4.69) is 5.32 Å². The first-order chi connectivity index (χ1) is 6.21. The minimum atomic E-state index is -0.0444. The highest BCUT2D eigenvalue weighted by Gasteiger charge is 2.44. The summed E-state index contributed by atoms with van der Waals surface area (Å²) in [6, 6.07) is 4.05. The van der Waals surface area contributed by atoms with Crippen LogP contribution in [0.2, 0.25) is 0 Å². The molecule has 1 aromatic heterocycles. The largest absolute Gasteiger partial charge is 0.351 e. The van der Waals surface area contributed by atoms with Gasteiger partial charge in [0.05, 0.1) is 6.54 Å². The zero-order valence-electron chi connectivity index (χ0n) is 7.67. The van der Waals surface area contributed by atoms with Gasteiger partial charge in [-0.15, -0.1) is 11.3 Å². The molecule has 1 saturated carbocycles. The van der Waals surface area contributed by atoms with E-state index in [1.165, 1.54) is 4.88 Å². The summed E-state index contributed by atoms with van der Waals surface area (Å²) in [5.74, 6) is 0.209. The normalized spacial score (nSPS) is 18.2. The van der Waals surface area contributed by atoms with Crippen molar-refractivity contribution in [2.75, 3.05) is 0 Å². The topological polar surface area (TPSA) is 29.1 Å². The molecule has 13 heavy (non-hydrogen) atoms. The van der Waals surface area contributed by atoms with Crippen LogP contribution in [0.15, 0.2) is 17.5 Å². The van der Waals surface area contributed by atoms with Gasteiger partial charge in [0.25, 0.3) is 0 Å². The smallest absolute Gasteiger partial charge is 0.226 e. The molecule has 0 saturated heterocycles. The van der Waals surface area contributed by atoms with Gasteiger partial charge in [-0.3, -0.25) is 4.79 Å². The maximum atomic E-state index is 11.5. The Morgan fingerprint density at radius 1 is 1.69 bits per heavy atom. The number of carbonyl (C=O) groups is 1. The van der Waals surface area contributed by atoms with Crippen molar-refractivity contribution in [1.82, 2.24) is 5.32 Å². The van der Waals surface area contributed by atoms with Crippen molar-refractivity contribution in [3.05, 3.63) is 22.4 Å². The standard InChI is InChI=1S/C10H13NOS/c1-10(4-5-10)9(12)11-7-8-3-2-6-13-8/h2-3,6H,4-5,7H2,1H3,(H,11,12). The fourth-order valence-electron chi connectivity index (χ4n) is 1.21. The third-order valence-electron chi connectivity index (χ3n) is 2.55. The molecule has 1 N–H and O–H groups in total. The van der Waals surface area contributed by atoms with Gasteiger partial charge in [-0.1, -0.05) is 13.0 Å². The molecule has 1 heterocycles. The maximum Gasteiger partial charge on any atom is 0.226 e. The summed E-state index contributed by atoms with van der Waals surface area (Å²) < 4.78 is 0. The third kappa shape index (κ3) is 1.91. The van der Waals surface area contributed by atoms with Crippen molar-refractivity contribution < 1.29 is 4.79 Å². The quantitative estimate of drug-likeness (QED) is 0.786. The Labute approximate surface area is 82.0 Å². The van der Waals surface area contributed by atoms with Gasteiger partial charge < -0.3 is 5.32 Å². The van der Waals surface area contributed by atoms with Gasteiger partial charge in [0, 0.05) is 10.3 Å². The maximum absolute atomic E-state index is 11.5. The van der Waals surface area contributed by atoms with Crippen molar-refractivity contribution in [2.45, 2.75) is 26.3 Å². The van der Waals surface area contributed by atoms with E-state index in [0.717, 1.165) is 12.8 Å². The molecular formula is C10H13NOS. The molecule has 1 fully saturated rings. The van der Waals surface area contributed by atoms with Crippen LogP contribution in [-0.2, 0) is 11.3 Å². The summed E-state index contributed by atoms with van der Waals surface area (Å²) in [5.41, 5.74) is -0.0444. The van der Waals surface area contributed by atoms with E-state index in [-0.39, 0.29) is 11.3 Å². The van der Waals surface area contributed by atoms with Crippen molar-refractivity contribution in [3.63, 3.8) is 0 Å².